The first kappa shape index (κ1) is 7.50. The minimum atomic E-state index is -0.135. The van der Waals surface area contributed by atoms with E-state index in [2.05, 4.69) is 4.99 Å². The standard InChI is InChI=1S/C11H8N2O/c14-11-9-5-2-1-4-8(9)10-12-6-3-7-13(10)11/h1-7,10H. The molecule has 1 unspecified atom stereocenters. The number of rotatable bonds is 0. The SMILES string of the molecule is O=C1c2ccccc2C2N=CC=CN12. The molecule has 3 rings (SSSR count). The lowest BCUT2D eigenvalue weighted by Crippen LogP contribution is -2.22. The van der Waals surface area contributed by atoms with Crippen molar-refractivity contribution in [2.45, 2.75) is 6.17 Å². The second kappa shape index (κ2) is 2.54. The molecule has 0 N–H and O–H groups in total. The molecule has 1 atom stereocenters. The van der Waals surface area contributed by atoms with Gasteiger partial charge in [-0.2, -0.15) is 0 Å². The lowest BCUT2D eigenvalue weighted by molar-refractivity contribution is 0.0809. The smallest absolute Gasteiger partial charge is 0.260 e. The molecular formula is C11H8N2O. The van der Waals surface area contributed by atoms with Crippen LogP contribution in [0, 0.1) is 0 Å². The molecule has 2 heterocycles. The van der Waals surface area contributed by atoms with Crippen LogP contribution in [0.2, 0.25) is 0 Å². The van der Waals surface area contributed by atoms with E-state index in [1.807, 2.05) is 24.3 Å². The van der Waals surface area contributed by atoms with Gasteiger partial charge in [-0.1, -0.05) is 18.2 Å². The van der Waals surface area contributed by atoms with Crippen molar-refractivity contribution in [3.05, 3.63) is 47.7 Å². The Morgan fingerprint density at radius 3 is 3.07 bits per heavy atom. The molecule has 3 nitrogen and oxygen atoms in total. The summed E-state index contributed by atoms with van der Waals surface area (Å²) in [6.07, 6.45) is 5.15. The molecule has 1 aromatic carbocycles. The maximum Gasteiger partial charge on any atom is 0.260 e. The summed E-state index contributed by atoms with van der Waals surface area (Å²) in [5.41, 5.74) is 1.76. The molecule has 0 fully saturated rings. The Balaban J connectivity index is 2.22. The minimum Gasteiger partial charge on any atom is -0.288 e. The summed E-state index contributed by atoms with van der Waals surface area (Å²) in [5.74, 6) is 0.0405. The maximum atomic E-state index is 11.8. The van der Waals surface area contributed by atoms with Crippen molar-refractivity contribution in [3.63, 3.8) is 0 Å². The zero-order chi connectivity index (χ0) is 9.54. The highest BCUT2D eigenvalue weighted by atomic mass is 16.2. The average Bonchev–Trinajstić information content (AvgIpc) is 2.55. The van der Waals surface area contributed by atoms with Gasteiger partial charge in [-0.05, 0) is 12.1 Å². The number of allylic oxidation sites excluding steroid dienone is 1. The van der Waals surface area contributed by atoms with Crippen LogP contribution in [0.3, 0.4) is 0 Å². The zero-order valence-corrected chi connectivity index (χ0v) is 7.42. The van der Waals surface area contributed by atoms with Crippen LogP contribution in [-0.4, -0.2) is 17.0 Å². The maximum absolute atomic E-state index is 11.8. The van der Waals surface area contributed by atoms with E-state index in [1.165, 1.54) is 0 Å². The summed E-state index contributed by atoms with van der Waals surface area (Å²) in [4.78, 5) is 17.8. The highest BCUT2D eigenvalue weighted by Gasteiger charge is 2.35. The summed E-state index contributed by atoms with van der Waals surface area (Å²) in [6.45, 7) is 0. The van der Waals surface area contributed by atoms with Gasteiger partial charge in [0.05, 0.1) is 0 Å². The predicted octanol–water partition coefficient (Wildman–Crippen LogP) is 1.74. The number of hydrogen-bond donors (Lipinski definition) is 0. The van der Waals surface area contributed by atoms with Crippen molar-refractivity contribution in [2.24, 2.45) is 4.99 Å². The van der Waals surface area contributed by atoms with Gasteiger partial charge >= 0.3 is 0 Å². The van der Waals surface area contributed by atoms with Crippen LogP contribution < -0.4 is 0 Å². The molecule has 2 aliphatic heterocycles. The van der Waals surface area contributed by atoms with Crippen LogP contribution in [0.1, 0.15) is 22.1 Å². The van der Waals surface area contributed by atoms with Crippen LogP contribution in [-0.2, 0) is 0 Å². The topological polar surface area (TPSA) is 32.7 Å². The average molecular weight is 184 g/mol. The van der Waals surface area contributed by atoms with Gasteiger partial charge in [0, 0.05) is 23.5 Å². The normalized spacial score (nSPS) is 22.4. The summed E-state index contributed by atoms with van der Waals surface area (Å²) in [7, 11) is 0. The summed E-state index contributed by atoms with van der Waals surface area (Å²) in [5, 5.41) is 0. The van der Waals surface area contributed by atoms with Crippen LogP contribution in [0.5, 0.6) is 0 Å². The van der Waals surface area contributed by atoms with Gasteiger partial charge in [-0.3, -0.25) is 14.7 Å². The van der Waals surface area contributed by atoms with E-state index in [4.69, 9.17) is 0 Å². The fourth-order valence-electron chi connectivity index (χ4n) is 1.88. The van der Waals surface area contributed by atoms with Crippen molar-refractivity contribution in [1.29, 1.82) is 0 Å². The van der Waals surface area contributed by atoms with Crippen LogP contribution >= 0.6 is 0 Å². The van der Waals surface area contributed by atoms with Gasteiger partial charge in [-0.15, -0.1) is 0 Å². The number of fused-ring (bicyclic) bond motifs is 3. The van der Waals surface area contributed by atoms with Gasteiger partial charge in [-0.25, -0.2) is 0 Å². The van der Waals surface area contributed by atoms with E-state index in [0.717, 1.165) is 11.1 Å². The molecule has 68 valence electrons. The lowest BCUT2D eigenvalue weighted by Gasteiger charge is -2.19. The molecule has 0 saturated heterocycles. The van der Waals surface area contributed by atoms with Gasteiger partial charge in [0.1, 0.15) is 0 Å². The quantitative estimate of drug-likeness (QED) is 0.604. The fourth-order valence-corrected chi connectivity index (χ4v) is 1.88. The van der Waals surface area contributed by atoms with Crippen LogP contribution in [0.25, 0.3) is 0 Å². The Morgan fingerprint density at radius 2 is 2.14 bits per heavy atom. The number of nitrogens with zero attached hydrogens (tertiary/aromatic N) is 2. The molecule has 0 spiro atoms. The van der Waals surface area contributed by atoms with E-state index in [9.17, 15) is 4.79 Å². The third-order valence-electron chi connectivity index (χ3n) is 2.53. The molecule has 14 heavy (non-hydrogen) atoms. The number of hydrogen-bond acceptors (Lipinski definition) is 2. The molecule has 1 amide bonds. The van der Waals surface area contributed by atoms with Crippen LogP contribution in [0.4, 0.5) is 0 Å². The lowest BCUT2D eigenvalue weighted by atomic mass is 10.1. The minimum absolute atomic E-state index is 0.0405. The first-order valence-electron chi connectivity index (χ1n) is 4.49. The van der Waals surface area contributed by atoms with Crippen LogP contribution in [0.15, 0.2) is 41.5 Å². The number of amides is 1. The second-order valence-electron chi connectivity index (χ2n) is 3.31. The molecule has 0 aliphatic carbocycles. The second-order valence-corrected chi connectivity index (χ2v) is 3.31. The first-order chi connectivity index (χ1) is 6.88. The largest absolute Gasteiger partial charge is 0.288 e. The first-order valence-corrected chi connectivity index (χ1v) is 4.49. The van der Waals surface area contributed by atoms with E-state index in [-0.39, 0.29) is 12.1 Å². The molecule has 1 aromatic rings. The van der Waals surface area contributed by atoms with E-state index in [0.29, 0.717) is 0 Å². The third kappa shape index (κ3) is 0.812. The van der Waals surface area contributed by atoms with E-state index in [1.54, 1.807) is 23.4 Å². The van der Waals surface area contributed by atoms with E-state index < -0.39 is 0 Å². The van der Waals surface area contributed by atoms with Crippen molar-refractivity contribution >= 4 is 12.1 Å². The molecule has 0 radical (unpaired) electrons. The predicted molar refractivity (Wildman–Crippen MR) is 53.0 cm³/mol. The van der Waals surface area contributed by atoms with Crippen molar-refractivity contribution in [2.75, 3.05) is 0 Å². The number of carbonyl (C=O) groups excluding carboxylic acids is 1. The highest BCUT2D eigenvalue weighted by Crippen LogP contribution is 2.35. The molecule has 3 heteroatoms. The highest BCUT2D eigenvalue weighted by molar-refractivity contribution is 6.00. The molecule has 0 saturated carbocycles. The number of carbonyl (C=O) groups is 1. The number of aliphatic imine (C=N–C) groups is 1. The summed E-state index contributed by atoms with van der Waals surface area (Å²) in [6, 6.07) is 7.61. The van der Waals surface area contributed by atoms with Crippen molar-refractivity contribution in [3.8, 4) is 0 Å². The summed E-state index contributed by atoms with van der Waals surface area (Å²) < 4.78 is 0. The van der Waals surface area contributed by atoms with Crippen molar-refractivity contribution in [1.82, 2.24) is 4.90 Å². The molecule has 0 aromatic heterocycles. The summed E-state index contributed by atoms with van der Waals surface area (Å²) >= 11 is 0. The van der Waals surface area contributed by atoms with Crippen molar-refractivity contribution < 1.29 is 4.79 Å². The Hall–Kier alpha value is -1.90. The van der Waals surface area contributed by atoms with Gasteiger partial charge < -0.3 is 0 Å². The van der Waals surface area contributed by atoms with Gasteiger partial charge in [0.2, 0.25) is 0 Å². The van der Waals surface area contributed by atoms with E-state index >= 15 is 0 Å². The number of benzene rings is 1. The third-order valence-corrected chi connectivity index (χ3v) is 2.53. The Kier molecular flexibility index (Phi) is 1.36. The Labute approximate surface area is 81.4 Å². The van der Waals surface area contributed by atoms with Gasteiger partial charge in [0.15, 0.2) is 6.17 Å². The molecular weight excluding hydrogens is 176 g/mol. The molecule has 2 aliphatic rings. The Morgan fingerprint density at radius 1 is 1.29 bits per heavy atom. The fraction of sp³-hybridized carbons (Fsp3) is 0.0909. The zero-order valence-electron chi connectivity index (χ0n) is 7.42. The Bertz CT molecular complexity index is 462. The van der Waals surface area contributed by atoms with Gasteiger partial charge in [0.25, 0.3) is 5.91 Å². The molecule has 0 bridgehead atoms. The monoisotopic (exact) mass is 184 g/mol.